The number of carbonyl (C=O) groups is 1. The van der Waals surface area contributed by atoms with E-state index in [9.17, 15) is 9.90 Å². The van der Waals surface area contributed by atoms with Gasteiger partial charge in [-0.1, -0.05) is 12.8 Å². The summed E-state index contributed by atoms with van der Waals surface area (Å²) in [5, 5.41) is 15.9. The molecule has 1 heterocycles. The van der Waals surface area contributed by atoms with Crippen LogP contribution in [0.15, 0.2) is 0 Å². The molecule has 1 aliphatic heterocycles. The largest absolute Gasteiger partial charge is 0.391 e. The number of carbonyl (C=O) groups excluding carboxylic acids is 1. The molecular formula is C13H24N2O3. The van der Waals surface area contributed by atoms with Crippen molar-refractivity contribution >= 4 is 5.91 Å². The summed E-state index contributed by atoms with van der Waals surface area (Å²) in [4.78, 5) is 11.7. The number of nitrogens with one attached hydrogen (secondary N) is 2. The predicted octanol–water partition coefficient (Wildman–Crippen LogP) is 0.175. The predicted molar refractivity (Wildman–Crippen MR) is 68.2 cm³/mol. The molecule has 2 rings (SSSR count). The van der Waals surface area contributed by atoms with Crippen LogP contribution in [0.4, 0.5) is 0 Å². The molecule has 18 heavy (non-hydrogen) atoms. The molecule has 1 saturated carbocycles. The minimum absolute atomic E-state index is 0.0807. The van der Waals surface area contributed by atoms with Gasteiger partial charge in [0.25, 0.3) is 0 Å². The van der Waals surface area contributed by atoms with Gasteiger partial charge in [0.05, 0.1) is 18.2 Å². The van der Waals surface area contributed by atoms with Crippen LogP contribution in [0.2, 0.25) is 0 Å². The van der Waals surface area contributed by atoms with Gasteiger partial charge in [-0.15, -0.1) is 0 Å². The number of ether oxygens (including phenoxy) is 1. The first-order chi connectivity index (χ1) is 8.75. The van der Waals surface area contributed by atoms with E-state index in [-0.39, 0.29) is 30.8 Å². The quantitative estimate of drug-likeness (QED) is 0.671. The van der Waals surface area contributed by atoms with Crippen molar-refractivity contribution in [1.82, 2.24) is 10.6 Å². The van der Waals surface area contributed by atoms with E-state index in [1.807, 2.05) is 0 Å². The average Bonchev–Trinajstić information content (AvgIpc) is 2.40. The maximum atomic E-state index is 11.7. The lowest BCUT2D eigenvalue weighted by Crippen LogP contribution is -2.46. The summed E-state index contributed by atoms with van der Waals surface area (Å²) in [6.45, 7) is 2.05. The minimum atomic E-state index is -0.387. The van der Waals surface area contributed by atoms with Crippen molar-refractivity contribution in [2.45, 2.75) is 56.8 Å². The van der Waals surface area contributed by atoms with Crippen LogP contribution in [0.25, 0.3) is 0 Å². The molecule has 2 fully saturated rings. The van der Waals surface area contributed by atoms with Gasteiger partial charge in [0, 0.05) is 0 Å². The van der Waals surface area contributed by atoms with E-state index < -0.39 is 0 Å². The molecule has 5 heteroatoms. The molecule has 0 bridgehead atoms. The van der Waals surface area contributed by atoms with Crippen LogP contribution < -0.4 is 10.6 Å². The number of rotatable bonds is 4. The first-order valence-corrected chi connectivity index (χ1v) is 7.05. The Balaban J connectivity index is 1.64. The molecule has 5 nitrogen and oxygen atoms in total. The van der Waals surface area contributed by atoms with Gasteiger partial charge in [0.2, 0.25) is 5.91 Å². The van der Waals surface area contributed by atoms with Crippen molar-refractivity contribution in [2.75, 3.05) is 19.7 Å². The zero-order valence-electron chi connectivity index (χ0n) is 10.9. The second-order valence-corrected chi connectivity index (χ2v) is 5.29. The standard InChI is InChI=1S/C13H24N2O3/c16-12-4-2-1-3-11(12)15-13(17)9-18-10-5-7-14-8-6-10/h10-12,14,16H,1-9H2,(H,15,17)/t11-,12-/m1/s1. The molecule has 0 unspecified atom stereocenters. The summed E-state index contributed by atoms with van der Waals surface area (Å²) in [6, 6.07) is -0.0807. The molecule has 0 aromatic rings. The molecule has 0 aromatic heterocycles. The van der Waals surface area contributed by atoms with Crippen LogP contribution in [0.1, 0.15) is 38.5 Å². The van der Waals surface area contributed by atoms with Gasteiger partial charge in [-0.2, -0.15) is 0 Å². The first-order valence-electron chi connectivity index (χ1n) is 7.05. The summed E-state index contributed by atoms with van der Waals surface area (Å²) in [7, 11) is 0. The van der Waals surface area contributed by atoms with E-state index in [0.717, 1.165) is 51.6 Å². The van der Waals surface area contributed by atoms with Crippen LogP contribution in [-0.4, -0.2) is 49.0 Å². The Hall–Kier alpha value is -0.650. The number of hydrogen-bond donors (Lipinski definition) is 3. The smallest absolute Gasteiger partial charge is 0.246 e. The summed E-state index contributed by atoms with van der Waals surface area (Å²) in [6.07, 6.45) is 5.56. The Morgan fingerprint density at radius 2 is 1.94 bits per heavy atom. The Morgan fingerprint density at radius 1 is 1.22 bits per heavy atom. The highest BCUT2D eigenvalue weighted by molar-refractivity contribution is 5.77. The van der Waals surface area contributed by atoms with E-state index in [2.05, 4.69) is 10.6 Å². The van der Waals surface area contributed by atoms with Crippen molar-refractivity contribution in [3.05, 3.63) is 0 Å². The third-order valence-electron chi connectivity index (χ3n) is 3.81. The van der Waals surface area contributed by atoms with Crippen molar-refractivity contribution in [3.63, 3.8) is 0 Å². The maximum absolute atomic E-state index is 11.7. The van der Waals surface area contributed by atoms with Gasteiger partial charge < -0.3 is 20.5 Å². The van der Waals surface area contributed by atoms with Crippen molar-refractivity contribution in [2.24, 2.45) is 0 Å². The molecule has 1 saturated heterocycles. The molecule has 0 spiro atoms. The van der Waals surface area contributed by atoms with Gasteiger partial charge in [0.15, 0.2) is 0 Å². The molecule has 1 amide bonds. The van der Waals surface area contributed by atoms with Crippen LogP contribution in [-0.2, 0) is 9.53 Å². The van der Waals surface area contributed by atoms with Gasteiger partial charge in [-0.25, -0.2) is 0 Å². The fourth-order valence-electron chi connectivity index (χ4n) is 2.68. The summed E-state index contributed by atoms with van der Waals surface area (Å²) in [5.41, 5.74) is 0. The van der Waals surface area contributed by atoms with Crippen LogP contribution >= 0.6 is 0 Å². The second kappa shape index (κ2) is 7.07. The number of amides is 1. The molecule has 3 N–H and O–H groups in total. The van der Waals surface area contributed by atoms with Crippen molar-refractivity contribution < 1.29 is 14.6 Å². The van der Waals surface area contributed by atoms with Crippen LogP contribution in [0.5, 0.6) is 0 Å². The van der Waals surface area contributed by atoms with E-state index in [1.54, 1.807) is 0 Å². The fraction of sp³-hybridized carbons (Fsp3) is 0.923. The Bertz CT molecular complexity index is 267. The fourth-order valence-corrected chi connectivity index (χ4v) is 2.68. The molecule has 104 valence electrons. The minimum Gasteiger partial charge on any atom is -0.391 e. The third kappa shape index (κ3) is 4.23. The summed E-state index contributed by atoms with van der Waals surface area (Å²) < 4.78 is 5.59. The highest BCUT2D eigenvalue weighted by atomic mass is 16.5. The molecule has 1 aliphatic carbocycles. The van der Waals surface area contributed by atoms with E-state index in [1.165, 1.54) is 0 Å². The van der Waals surface area contributed by atoms with E-state index in [4.69, 9.17) is 4.74 Å². The second-order valence-electron chi connectivity index (χ2n) is 5.29. The van der Waals surface area contributed by atoms with Gasteiger partial charge in [-0.05, 0) is 38.8 Å². The van der Waals surface area contributed by atoms with Crippen molar-refractivity contribution in [3.8, 4) is 0 Å². The molecule has 2 atom stereocenters. The lowest BCUT2D eigenvalue weighted by atomic mass is 9.92. The lowest BCUT2D eigenvalue weighted by molar-refractivity contribution is -0.130. The number of piperidine rings is 1. The zero-order valence-corrected chi connectivity index (χ0v) is 10.9. The molecule has 0 aromatic carbocycles. The van der Waals surface area contributed by atoms with Gasteiger partial charge >= 0.3 is 0 Å². The molecular weight excluding hydrogens is 232 g/mol. The lowest BCUT2D eigenvalue weighted by Gasteiger charge is -2.29. The van der Waals surface area contributed by atoms with Gasteiger partial charge in [0.1, 0.15) is 6.61 Å². The topological polar surface area (TPSA) is 70.6 Å². The molecule has 2 aliphatic rings. The van der Waals surface area contributed by atoms with Crippen LogP contribution in [0, 0.1) is 0 Å². The van der Waals surface area contributed by atoms with Crippen molar-refractivity contribution in [1.29, 1.82) is 0 Å². The van der Waals surface area contributed by atoms with E-state index >= 15 is 0 Å². The normalized spacial score (nSPS) is 30.1. The molecule has 0 radical (unpaired) electrons. The van der Waals surface area contributed by atoms with Crippen LogP contribution in [0.3, 0.4) is 0 Å². The first kappa shape index (κ1) is 13.8. The number of aliphatic hydroxyl groups is 1. The Kier molecular flexibility index (Phi) is 5.41. The SMILES string of the molecule is O=C(COC1CCNCC1)N[C@@H]1CCCC[C@H]1O. The highest BCUT2D eigenvalue weighted by Gasteiger charge is 2.24. The Labute approximate surface area is 108 Å². The number of hydrogen-bond acceptors (Lipinski definition) is 4. The third-order valence-corrected chi connectivity index (χ3v) is 3.81. The maximum Gasteiger partial charge on any atom is 0.246 e. The zero-order chi connectivity index (χ0) is 12.8. The summed E-state index contributed by atoms with van der Waals surface area (Å²) in [5.74, 6) is -0.0977. The average molecular weight is 256 g/mol. The monoisotopic (exact) mass is 256 g/mol. The summed E-state index contributed by atoms with van der Waals surface area (Å²) >= 11 is 0. The highest BCUT2D eigenvalue weighted by Crippen LogP contribution is 2.18. The van der Waals surface area contributed by atoms with E-state index in [0.29, 0.717) is 0 Å². The Morgan fingerprint density at radius 3 is 2.67 bits per heavy atom. The number of aliphatic hydroxyl groups excluding tert-OH is 1. The van der Waals surface area contributed by atoms with Gasteiger partial charge in [-0.3, -0.25) is 4.79 Å².